The van der Waals surface area contributed by atoms with Crippen LogP contribution in [0.4, 0.5) is 0 Å². The van der Waals surface area contributed by atoms with E-state index in [-0.39, 0.29) is 0 Å². The molecule has 2 nitrogen and oxygen atoms in total. The van der Waals surface area contributed by atoms with Gasteiger partial charge < -0.3 is 5.11 Å². The molecule has 0 heterocycles. The summed E-state index contributed by atoms with van der Waals surface area (Å²) in [6.45, 7) is 8.64. The van der Waals surface area contributed by atoms with E-state index in [4.69, 9.17) is 5.11 Å². The molecule has 2 rings (SSSR count). The summed E-state index contributed by atoms with van der Waals surface area (Å²) in [6.07, 6.45) is 5.51. The molecule has 0 aromatic heterocycles. The summed E-state index contributed by atoms with van der Waals surface area (Å²) in [4.78, 5) is 11.0. The van der Waals surface area contributed by atoms with E-state index in [0.717, 1.165) is 18.3 Å². The van der Waals surface area contributed by atoms with Crippen molar-refractivity contribution in [3.05, 3.63) is 22.8 Å². The first-order chi connectivity index (χ1) is 8.41. The van der Waals surface area contributed by atoms with Crippen molar-refractivity contribution < 1.29 is 9.90 Å². The monoisotopic (exact) mass is 248 g/mol. The van der Waals surface area contributed by atoms with E-state index in [1.807, 2.05) is 6.08 Å². The lowest BCUT2D eigenvalue weighted by Gasteiger charge is -2.36. The van der Waals surface area contributed by atoms with Crippen LogP contribution in [0.3, 0.4) is 0 Å². The van der Waals surface area contributed by atoms with Gasteiger partial charge in [0.1, 0.15) is 0 Å². The minimum atomic E-state index is -0.783. The fraction of sp³-hybridized carbons (Fsp3) is 0.688. The molecule has 0 amide bonds. The quantitative estimate of drug-likeness (QED) is 0.591. The Bertz CT molecular complexity index is 417. The van der Waals surface area contributed by atoms with E-state index in [2.05, 4.69) is 20.8 Å². The number of fused-ring (bicyclic) bond motifs is 1. The predicted molar refractivity (Wildman–Crippen MR) is 73.3 cm³/mol. The third-order valence-corrected chi connectivity index (χ3v) is 4.83. The third kappa shape index (κ3) is 2.25. The maximum absolute atomic E-state index is 11.0. The number of carboxylic acid groups (broad SMARTS) is 1. The zero-order valence-corrected chi connectivity index (χ0v) is 11.9. The zero-order valence-electron chi connectivity index (χ0n) is 11.9. The largest absolute Gasteiger partial charge is 0.478 e. The van der Waals surface area contributed by atoms with Gasteiger partial charge in [-0.1, -0.05) is 31.1 Å². The van der Waals surface area contributed by atoms with Crippen LogP contribution in [0.5, 0.6) is 0 Å². The number of allylic oxidation sites excluding steroid dienone is 3. The fourth-order valence-electron chi connectivity index (χ4n) is 4.07. The molecule has 100 valence electrons. The standard InChI is InChI=1S/C16H24O2/c1-9-5-6-13(8-12(4)16(17)18)15-11(3)7-10(2)14(9)15/h8-10,13-14H,5-7H2,1-4H3,(H,17,18). The van der Waals surface area contributed by atoms with E-state index < -0.39 is 5.97 Å². The highest BCUT2D eigenvalue weighted by atomic mass is 16.4. The van der Waals surface area contributed by atoms with Crippen LogP contribution in [0.2, 0.25) is 0 Å². The van der Waals surface area contributed by atoms with Gasteiger partial charge in [-0.15, -0.1) is 0 Å². The Kier molecular flexibility index (Phi) is 3.65. The molecule has 1 N–H and O–H groups in total. The van der Waals surface area contributed by atoms with Gasteiger partial charge in [0.25, 0.3) is 0 Å². The number of rotatable bonds is 2. The van der Waals surface area contributed by atoms with Gasteiger partial charge in [0.05, 0.1) is 0 Å². The molecule has 2 aliphatic rings. The number of carbonyl (C=O) groups is 1. The SMILES string of the molecule is CC(=CC1CCC(C)C2C1=C(C)CC2C)C(=O)O. The van der Waals surface area contributed by atoms with Crippen LogP contribution >= 0.6 is 0 Å². The molecule has 2 aliphatic carbocycles. The Morgan fingerprint density at radius 3 is 2.56 bits per heavy atom. The first-order valence-electron chi connectivity index (χ1n) is 7.03. The van der Waals surface area contributed by atoms with Crippen molar-refractivity contribution in [1.29, 1.82) is 0 Å². The summed E-state index contributed by atoms with van der Waals surface area (Å²) in [7, 11) is 0. The van der Waals surface area contributed by atoms with Crippen molar-refractivity contribution in [3.63, 3.8) is 0 Å². The van der Waals surface area contributed by atoms with Gasteiger partial charge in [-0.2, -0.15) is 0 Å². The minimum absolute atomic E-state index is 0.368. The van der Waals surface area contributed by atoms with Crippen molar-refractivity contribution in [2.45, 2.75) is 47.0 Å². The molecule has 0 spiro atoms. The van der Waals surface area contributed by atoms with E-state index in [1.165, 1.54) is 18.4 Å². The van der Waals surface area contributed by atoms with Crippen LogP contribution in [-0.2, 0) is 4.79 Å². The average molecular weight is 248 g/mol. The Balaban J connectivity index is 2.31. The lowest BCUT2D eigenvalue weighted by molar-refractivity contribution is -0.132. The Labute approximate surface area is 110 Å². The summed E-state index contributed by atoms with van der Waals surface area (Å²) < 4.78 is 0. The Morgan fingerprint density at radius 1 is 1.28 bits per heavy atom. The van der Waals surface area contributed by atoms with Crippen LogP contribution in [0.15, 0.2) is 22.8 Å². The molecule has 0 aromatic rings. The first-order valence-corrected chi connectivity index (χ1v) is 7.03. The molecule has 0 saturated heterocycles. The molecule has 0 aromatic carbocycles. The van der Waals surface area contributed by atoms with Crippen LogP contribution in [0, 0.1) is 23.7 Å². The third-order valence-electron chi connectivity index (χ3n) is 4.83. The molecule has 4 unspecified atom stereocenters. The highest BCUT2D eigenvalue weighted by Crippen LogP contribution is 2.50. The van der Waals surface area contributed by atoms with Gasteiger partial charge >= 0.3 is 5.97 Å². The number of aliphatic carboxylic acids is 1. The van der Waals surface area contributed by atoms with Gasteiger partial charge in [0, 0.05) is 5.57 Å². The summed E-state index contributed by atoms with van der Waals surface area (Å²) in [6, 6.07) is 0. The molecule has 0 bridgehead atoms. The van der Waals surface area contributed by atoms with Crippen LogP contribution in [0.25, 0.3) is 0 Å². The number of hydrogen-bond acceptors (Lipinski definition) is 1. The van der Waals surface area contributed by atoms with Crippen molar-refractivity contribution in [3.8, 4) is 0 Å². The summed E-state index contributed by atoms with van der Waals surface area (Å²) in [5.41, 5.74) is 3.56. The molecule has 2 heteroatoms. The molecule has 18 heavy (non-hydrogen) atoms. The number of carboxylic acids is 1. The van der Waals surface area contributed by atoms with Crippen LogP contribution < -0.4 is 0 Å². The highest BCUT2D eigenvalue weighted by Gasteiger charge is 2.40. The molecule has 1 saturated carbocycles. The summed E-state index contributed by atoms with van der Waals surface area (Å²) in [5, 5.41) is 9.04. The van der Waals surface area contributed by atoms with Gasteiger partial charge in [-0.05, 0) is 56.8 Å². The summed E-state index contributed by atoms with van der Waals surface area (Å²) in [5.74, 6) is 1.75. The maximum atomic E-state index is 11.0. The predicted octanol–water partition coefficient (Wildman–Crippen LogP) is 4.04. The first kappa shape index (κ1) is 13.4. The zero-order chi connectivity index (χ0) is 13.4. The molecule has 1 fully saturated rings. The van der Waals surface area contributed by atoms with Gasteiger partial charge in [0.2, 0.25) is 0 Å². The van der Waals surface area contributed by atoms with E-state index in [0.29, 0.717) is 17.4 Å². The van der Waals surface area contributed by atoms with Crippen LogP contribution in [-0.4, -0.2) is 11.1 Å². The van der Waals surface area contributed by atoms with Crippen molar-refractivity contribution in [2.24, 2.45) is 23.7 Å². The van der Waals surface area contributed by atoms with Crippen molar-refractivity contribution in [2.75, 3.05) is 0 Å². The Hall–Kier alpha value is -1.05. The van der Waals surface area contributed by atoms with E-state index in [1.54, 1.807) is 12.5 Å². The molecule has 0 aliphatic heterocycles. The molecular weight excluding hydrogens is 224 g/mol. The van der Waals surface area contributed by atoms with Crippen molar-refractivity contribution >= 4 is 5.97 Å². The molecule has 4 atom stereocenters. The fourth-order valence-corrected chi connectivity index (χ4v) is 4.07. The molecular formula is C16H24O2. The normalized spacial score (nSPS) is 36.8. The highest BCUT2D eigenvalue weighted by molar-refractivity contribution is 5.85. The van der Waals surface area contributed by atoms with Gasteiger partial charge in [-0.25, -0.2) is 4.79 Å². The van der Waals surface area contributed by atoms with Crippen LogP contribution in [0.1, 0.15) is 47.0 Å². The van der Waals surface area contributed by atoms with Gasteiger partial charge in [-0.3, -0.25) is 0 Å². The Morgan fingerprint density at radius 2 is 1.94 bits per heavy atom. The number of hydrogen-bond donors (Lipinski definition) is 1. The maximum Gasteiger partial charge on any atom is 0.330 e. The topological polar surface area (TPSA) is 37.3 Å². The average Bonchev–Trinajstić information content (AvgIpc) is 2.59. The van der Waals surface area contributed by atoms with E-state index >= 15 is 0 Å². The van der Waals surface area contributed by atoms with Crippen molar-refractivity contribution in [1.82, 2.24) is 0 Å². The second-order valence-corrected chi connectivity index (χ2v) is 6.26. The second kappa shape index (κ2) is 4.91. The minimum Gasteiger partial charge on any atom is -0.478 e. The lowest BCUT2D eigenvalue weighted by atomic mass is 9.69. The second-order valence-electron chi connectivity index (χ2n) is 6.26. The van der Waals surface area contributed by atoms with Gasteiger partial charge in [0.15, 0.2) is 0 Å². The lowest BCUT2D eigenvalue weighted by Crippen LogP contribution is -2.27. The smallest absolute Gasteiger partial charge is 0.330 e. The summed E-state index contributed by atoms with van der Waals surface area (Å²) >= 11 is 0. The van der Waals surface area contributed by atoms with E-state index in [9.17, 15) is 4.79 Å². The molecule has 0 radical (unpaired) electrons.